The summed E-state index contributed by atoms with van der Waals surface area (Å²) in [6.07, 6.45) is 4.09. The van der Waals surface area contributed by atoms with E-state index >= 15 is 0 Å². The number of rotatable bonds is 2. The fourth-order valence-corrected chi connectivity index (χ4v) is 1.74. The van der Waals surface area contributed by atoms with Crippen molar-refractivity contribution in [1.29, 1.82) is 0 Å². The van der Waals surface area contributed by atoms with Crippen LogP contribution in [0.1, 0.15) is 10.4 Å². The van der Waals surface area contributed by atoms with Gasteiger partial charge in [0.1, 0.15) is 0 Å². The molecule has 0 radical (unpaired) electrons. The normalized spacial score (nSPS) is 16.3. The average Bonchev–Trinajstić information content (AvgIpc) is 2.75. The van der Waals surface area contributed by atoms with E-state index in [2.05, 4.69) is 5.10 Å². The van der Waals surface area contributed by atoms with Gasteiger partial charge in [0.05, 0.1) is 11.8 Å². The maximum Gasteiger partial charge on any atom is 0.257 e. The molecule has 0 saturated carbocycles. The van der Waals surface area contributed by atoms with Crippen LogP contribution in [0.25, 0.3) is 0 Å². The standard InChI is InChI=1S/C10H14N4O2/c1-12-7-9(6-11-12)10(16)14-4-2-13(8-15)3-5-14/h6-8H,2-5H2,1H3. The summed E-state index contributed by atoms with van der Waals surface area (Å²) in [5, 5.41) is 3.97. The quantitative estimate of drug-likeness (QED) is 0.624. The second-order valence-corrected chi connectivity index (χ2v) is 3.84. The Bertz CT molecular complexity index is 393. The number of aryl methyl sites for hydroxylation is 1. The van der Waals surface area contributed by atoms with Gasteiger partial charge in [0, 0.05) is 39.4 Å². The second-order valence-electron chi connectivity index (χ2n) is 3.84. The van der Waals surface area contributed by atoms with Crippen molar-refractivity contribution in [2.45, 2.75) is 0 Å². The number of amides is 2. The first kappa shape index (κ1) is 10.7. The monoisotopic (exact) mass is 222 g/mol. The third-order valence-corrected chi connectivity index (χ3v) is 2.70. The first-order chi connectivity index (χ1) is 7.70. The van der Waals surface area contributed by atoms with E-state index in [-0.39, 0.29) is 5.91 Å². The van der Waals surface area contributed by atoms with E-state index in [1.807, 2.05) is 0 Å². The molecule has 2 amide bonds. The van der Waals surface area contributed by atoms with Gasteiger partial charge < -0.3 is 9.80 Å². The molecule has 86 valence electrons. The van der Waals surface area contributed by atoms with Crippen LogP contribution in [0.15, 0.2) is 12.4 Å². The SMILES string of the molecule is Cn1cc(C(=O)N2CCN(C=O)CC2)cn1. The molecule has 16 heavy (non-hydrogen) atoms. The Morgan fingerprint density at radius 3 is 2.56 bits per heavy atom. The topological polar surface area (TPSA) is 58.4 Å². The lowest BCUT2D eigenvalue weighted by molar-refractivity contribution is -0.119. The Labute approximate surface area is 93.4 Å². The van der Waals surface area contributed by atoms with Crippen LogP contribution < -0.4 is 0 Å². The lowest BCUT2D eigenvalue weighted by atomic mass is 10.2. The summed E-state index contributed by atoms with van der Waals surface area (Å²) in [5.41, 5.74) is 0.599. The van der Waals surface area contributed by atoms with Gasteiger partial charge in [0.25, 0.3) is 5.91 Å². The zero-order valence-corrected chi connectivity index (χ0v) is 9.17. The van der Waals surface area contributed by atoms with Crippen LogP contribution in [0, 0.1) is 0 Å². The molecule has 0 spiro atoms. The molecule has 0 aliphatic carbocycles. The molecule has 1 aromatic rings. The Morgan fingerprint density at radius 1 is 1.38 bits per heavy atom. The van der Waals surface area contributed by atoms with Gasteiger partial charge in [0.15, 0.2) is 0 Å². The van der Waals surface area contributed by atoms with E-state index in [1.165, 1.54) is 0 Å². The highest BCUT2D eigenvalue weighted by Crippen LogP contribution is 2.06. The van der Waals surface area contributed by atoms with Crippen molar-refractivity contribution in [2.24, 2.45) is 7.05 Å². The summed E-state index contributed by atoms with van der Waals surface area (Å²) in [6.45, 7) is 2.39. The number of piperazine rings is 1. The molecular formula is C10H14N4O2. The van der Waals surface area contributed by atoms with Crippen LogP contribution in [0.3, 0.4) is 0 Å². The molecule has 0 N–H and O–H groups in total. The van der Waals surface area contributed by atoms with Crippen molar-refractivity contribution in [1.82, 2.24) is 19.6 Å². The fraction of sp³-hybridized carbons (Fsp3) is 0.500. The zero-order chi connectivity index (χ0) is 11.5. The average molecular weight is 222 g/mol. The maximum absolute atomic E-state index is 12.0. The van der Waals surface area contributed by atoms with Crippen LogP contribution in [0.4, 0.5) is 0 Å². The van der Waals surface area contributed by atoms with Crippen LogP contribution >= 0.6 is 0 Å². The number of hydrogen-bond donors (Lipinski definition) is 0. The van der Waals surface area contributed by atoms with Crippen molar-refractivity contribution >= 4 is 12.3 Å². The summed E-state index contributed by atoms with van der Waals surface area (Å²) in [4.78, 5) is 25.9. The molecule has 0 unspecified atom stereocenters. The Morgan fingerprint density at radius 2 is 2.06 bits per heavy atom. The Hall–Kier alpha value is -1.85. The smallest absolute Gasteiger partial charge is 0.257 e. The van der Waals surface area contributed by atoms with Crippen LogP contribution in [-0.4, -0.2) is 58.1 Å². The molecular weight excluding hydrogens is 208 g/mol. The first-order valence-electron chi connectivity index (χ1n) is 5.18. The molecule has 0 atom stereocenters. The summed E-state index contributed by atoms with van der Waals surface area (Å²) in [7, 11) is 1.78. The van der Waals surface area contributed by atoms with Crippen LogP contribution in [-0.2, 0) is 11.8 Å². The van der Waals surface area contributed by atoms with Gasteiger partial charge in [-0.05, 0) is 0 Å². The molecule has 2 rings (SSSR count). The van der Waals surface area contributed by atoms with Crippen molar-refractivity contribution in [3.8, 4) is 0 Å². The van der Waals surface area contributed by atoms with Crippen molar-refractivity contribution in [3.63, 3.8) is 0 Å². The summed E-state index contributed by atoms with van der Waals surface area (Å²) < 4.78 is 1.61. The minimum absolute atomic E-state index is 0.0151. The Kier molecular flexibility index (Phi) is 2.89. The summed E-state index contributed by atoms with van der Waals surface area (Å²) in [5.74, 6) is -0.0151. The molecule has 0 bridgehead atoms. The number of nitrogens with zero attached hydrogens (tertiary/aromatic N) is 4. The molecule has 6 heteroatoms. The van der Waals surface area contributed by atoms with E-state index in [0.717, 1.165) is 6.41 Å². The van der Waals surface area contributed by atoms with Crippen molar-refractivity contribution < 1.29 is 9.59 Å². The molecule has 2 heterocycles. The van der Waals surface area contributed by atoms with E-state index in [1.54, 1.807) is 33.9 Å². The largest absolute Gasteiger partial charge is 0.342 e. The summed E-state index contributed by atoms with van der Waals surface area (Å²) >= 11 is 0. The molecule has 1 fully saturated rings. The van der Waals surface area contributed by atoms with Crippen LogP contribution in [0.5, 0.6) is 0 Å². The van der Waals surface area contributed by atoms with Crippen LogP contribution in [0.2, 0.25) is 0 Å². The Balaban J connectivity index is 1.99. The van der Waals surface area contributed by atoms with Gasteiger partial charge in [-0.15, -0.1) is 0 Å². The highest BCUT2D eigenvalue weighted by molar-refractivity contribution is 5.93. The summed E-state index contributed by atoms with van der Waals surface area (Å²) in [6, 6.07) is 0. The van der Waals surface area contributed by atoms with Crippen molar-refractivity contribution in [3.05, 3.63) is 18.0 Å². The first-order valence-corrected chi connectivity index (χ1v) is 5.18. The number of aromatic nitrogens is 2. The maximum atomic E-state index is 12.0. The van der Waals surface area contributed by atoms with Crippen molar-refractivity contribution in [2.75, 3.05) is 26.2 Å². The molecule has 1 aliphatic heterocycles. The zero-order valence-electron chi connectivity index (χ0n) is 9.17. The highest BCUT2D eigenvalue weighted by atomic mass is 16.2. The molecule has 6 nitrogen and oxygen atoms in total. The predicted molar refractivity (Wildman–Crippen MR) is 56.7 cm³/mol. The number of hydrogen-bond acceptors (Lipinski definition) is 3. The van der Waals surface area contributed by atoms with E-state index < -0.39 is 0 Å². The van der Waals surface area contributed by atoms with Gasteiger partial charge in [-0.3, -0.25) is 14.3 Å². The lowest BCUT2D eigenvalue weighted by Crippen LogP contribution is -2.48. The third-order valence-electron chi connectivity index (χ3n) is 2.70. The van der Waals surface area contributed by atoms with E-state index in [4.69, 9.17) is 0 Å². The third kappa shape index (κ3) is 2.05. The molecule has 1 saturated heterocycles. The minimum Gasteiger partial charge on any atom is -0.342 e. The van der Waals surface area contributed by atoms with Gasteiger partial charge in [-0.2, -0.15) is 5.10 Å². The second kappa shape index (κ2) is 4.34. The van der Waals surface area contributed by atoms with E-state index in [9.17, 15) is 9.59 Å². The molecule has 1 aromatic heterocycles. The lowest BCUT2D eigenvalue weighted by Gasteiger charge is -2.32. The van der Waals surface area contributed by atoms with Gasteiger partial charge in [0.2, 0.25) is 6.41 Å². The van der Waals surface area contributed by atoms with Gasteiger partial charge >= 0.3 is 0 Å². The number of carbonyl (C=O) groups excluding carboxylic acids is 2. The highest BCUT2D eigenvalue weighted by Gasteiger charge is 2.21. The van der Waals surface area contributed by atoms with Gasteiger partial charge in [-0.25, -0.2) is 0 Å². The minimum atomic E-state index is -0.0151. The fourth-order valence-electron chi connectivity index (χ4n) is 1.74. The molecule has 1 aliphatic rings. The number of carbonyl (C=O) groups is 2. The predicted octanol–water partition coefficient (Wildman–Crippen LogP) is -0.666. The molecule has 0 aromatic carbocycles. The van der Waals surface area contributed by atoms with E-state index in [0.29, 0.717) is 31.7 Å². The van der Waals surface area contributed by atoms with Gasteiger partial charge in [-0.1, -0.05) is 0 Å².